The average Bonchev–Trinajstić information content (AvgIpc) is 3.22. The molecule has 0 aliphatic carbocycles. The van der Waals surface area contributed by atoms with E-state index >= 15 is 0 Å². The molecular formula is C42H49BrN11O4P. The SMILES string of the molecule is COc1cc(N2CCC(N3CCN(Cc4cccc(N5CCC(=O)NC5=O)c4)CC3)CC2)c(C)cc1Nc1ncc(Br)c(Nc2ccc3nccnc3c2P(C)(C)=O)n1. The van der Waals surface area contributed by atoms with E-state index in [9.17, 15) is 14.2 Å². The fourth-order valence-corrected chi connectivity index (χ4v) is 10.0. The van der Waals surface area contributed by atoms with Crippen molar-refractivity contribution in [1.82, 2.24) is 35.1 Å². The van der Waals surface area contributed by atoms with Crippen LogP contribution in [0.2, 0.25) is 0 Å². The fourth-order valence-electron chi connectivity index (χ4n) is 8.37. The van der Waals surface area contributed by atoms with Gasteiger partial charge in [0.15, 0.2) is 0 Å². The number of piperidine rings is 1. The largest absolute Gasteiger partial charge is 0.494 e. The summed E-state index contributed by atoms with van der Waals surface area (Å²) in [5, 5.41) is 9.77. The van der Waals surface area contributed by atoms with Crippen LogP contribution in [0.15, 0.2) is 71.6 Å². The Bertz CT molecular complexity index is 2430. The molecule has 3 fully saturated rings. The summed E-state index contributed by atoms with van der Waals surface area (Å²) in [6.45, 7) is 12.8. The second kappa shape index (κ2) is 17.2. The number of hydrogen-bond donors (Lipinski definition) is 3. The van der Waals surface area contributed by atoms with Crippen LogP contribution in [0.3, 0.4) is 0 Å². The van der Waals surface area contributed by atoms with Crippen molar-refractivity contribution in [1.29, 1.82) is 0 Å². The van der Waals surface area contributed by atoms with Crippen molar-refractivity contribution in [3.05, 3.63) is 82.7 Å². The van der Waals surface area contributed by atoms with Crippen LogP contribution in [0.5, 0.6) is 5.75 Å². The molecule has 0 atom stereocenters. The molecule has 5 heterocycles. The standard InChI is InChI=1S/C42H49BrN11O4P/c1-27-22-34(48-41-46-25-31(43)40(50-41)47-33-9-8-32-38(45-14-13-44-32)39(33)59(3,4)57)36(58-2)24-35(27)53-15-10-29(11-16-53)52-20-18-51(19-21-52)26-28-6-5-7-30(23-28)54-17-12-37(55)49-42(54)56/h5-9,13-14,22-25,29H,10-12,15-21,26H2,1-4H3,(H,49,55,56)(H2,46,47,48,50). The van der Waals surface area contributed by atoms with E-state index in [0.29, 0.717) is 63.0 Å². The van der Waals surface area contributed by atoms with E-state index in [4.69, 9.17) is 9.72 Å². The number of anilines is 6. The molecule has 3 amide bonds. The van der Waals surface area contributed by atoms with E-state index in [0.717, 1.165) is 81.3 Å². The van der Waals surface area contributed by atoms with Crippen molar-refractivity contribution in [3.63, 3.8) is 0 Å². The minimum absolute atomic E-state index is 0.223. The fraction of sp³-hybridized carbons (Fsp3) is 0.381. The monoisotopic (exact) mass is 881 g/mol. The highest BCUT2D eigenvalue weighted by Crippen LogP contribution is 2.42. The number of halogens is 1. The third-order valence-electron chi connectivity index (χ3n) is 11.3. The number of methoxy groups -OCH3 is 1. The van der Waals surface area contributed by atoms with Crippen LogP contribution >= 0.6 is 23.1 Å². The number of imide groups is 1. The molecule has 17 heteroatoms. The summed E-state index contributed by atoms with van der Waals surface area (Å²) in [5.41, 5.74) is 6.94. The van der Waals surface area contributed by atoms with E-state index in [1.54, 1.807) is 43.9 Å². The zero-order chi connectivity index (χ0) is 41.3. The summed E-state index contributed by atoms with van der Waals surface area (Å²) < 4.78 is 20.0. The quantitative estimate of drug-likeness (QED) is 0.124. The van der Waals surface area contributed by atoms with Crippen molar-refractivity contribution in [2.24, 2.45) is 0 Å². The maximum absolute atomic E-state index is 13.5. The number of rotatable bonds is 11. The third-order valence-corrected chi connectivity index (χ3v) is 13.4. The van der Waals surface area contributed by atoms with E-state index in [2.05, 4.69) is 92.7 Å². The van der Waals surface area contributed by atoms with Crippen molar-refractivity contribution in [2.45, 2.75) is 38.8 Å². The Morgan fingerprint density at radius 3 is 2.44 bits per heavy atom. The summed E-state index contributed by atoms with van der Waals surface area (Å²) in [6.07, 6.45) is 7.40. The lowest BCUT2D eigenvalue weighted by atomic mass is 10.00. The van der Waals surface area contributed by atoms with Gasteiger partial charge in [-0.25, -0.2) is 9.78 Å². The van der Waals surface area contributed by atoms with Gasteiger partial charge in [0.2, 0.25) is 11.9 Å². The molecule has 2 aromatic heterocycles. The van der Waals surface area contributed by atoms with E-state index in [-0.39, 0.29) is 11.9 Å². The number of benzene rings is 3. The first-order valence-electron chi connectivity index (χ1n) is 19.9. The number of fused-ring (bicyclic) bond motifs is 1. The number of nitrogens with zero attached hydrogens (tertiary/aromatic N) is 8. The second-order valence-corrected chi connectivity index (χ2v) is 19.7. The highest BCUT2D eigenvalue weighted by Gasteiger charge is 2.30. The summed E-state index contributed by atoms with van der Waals surface area (Å²) in [6, 6.07) is 16.2. The molecule has 3 N–H and O–H groups in total. The van der Waals surface area contributed by atoms with Crippen LogP contribution in [0.1, 0.15) is 30.4 Å². The smallest absolute Gasteiger partial charge is 0.328 e. The van der Waals surface area contributed by atoms with E-state index in [1.807, 2.05) is 24.3 Å². The van der Waals surface area contributed by atoms with Crippen molar-refractivity contribution < 1.29 is 18.9 Å². The second-order valence-electron chi connectivity index (χ2n) is 15.7. The number of urea groups is 1. The van der Waals surface area contributed by atoms with Crippen LogP contribution in [0, 0.1) is 6.92 Å². The highest BCUT2D eigenvalue weighted by atomic mass is 79.9. The Morgan fingerprint density at radius 1 is 0.915 bits per heavy atom. The topological polar surface area (TPSA) is 161 Å². The Balaban J connectivity index is 0.877. The van der Waals surface area contributed by atoms with Gasteiger partial charge >= 0.3 is 6.03 Å². The van der Waals surface area contributed by atoms with Crippen LogP contribution < -0.4 is 35.8 Å². The zero-order valence-electron chi connectivity index (χ0n) is 33.7. The Kier molecular flexibility index (Phi) is 11.9. The minimum atomic E-state index is -2.77. The molecule has 0 bridgehead atoms. The normalized spacial score (nSPS) is 17.3. The molecule has 0 unspecified atom stereocenters. The number of ether oxygens (including phenoxy) is 1. The molecule has 3 saturated heterocycles. The van der Waals surface area contributed by atoms with Crippen molar-refractivity contribution >= 4 is 85.9 Å². The first kappa shape index (κ1) is 40.6. The van der Waals surface area contributed by atoms with Gasteiger partial charge in [0, 0.05) is 101 Å². The first-order chi connectivity index (χ1) is 28.4. The molecule has 0 radical (unpaired) electrons. The van der Waals surface area contributed by atoms with Gasteiger partial charge in [0.05, 0.1) is 33.8 Å². The van der Waals surface area contributed by atoms with Gasteiger partial charge in [-0.15, -0.1) is 0 Å². The predicted molar refractivity (Wildman–Crippen MR) is 237 cm³/mol. The molecule has 59 heavy (non-hydrogen) atoms. The molecule has 0 saturated carbocycles. The van der Waals surface area contributed by atoms with Crippen LogP contribution in [0.25, 0.3) is 11.0 Å². The molecule has 308 valence electrons. The Morgan fingerprint density at radius 2 is 1.69 bits per heavy atom. The molecule has 3 aromatic carbocycles. The van der Waals surface area contributed by atoms with E-state index in [1.165, 1.54) is 5.56 Å². The van der Waals surface area contributed by atoms with Crippen LogP contribution in [-0.2, 0) is 15.9 Å². The summed E-state index contributed by atoms with van der Waals surface area (Å²) in [5.74, 6) is 1.35. The Labute approximate surface area is 352 Å². The summed E-state index contributed by atoms with van der Waals surface area (Å²) in [7, 11) is -1.09. The number of amides is 3. The van der Waals surface area contributed by atoms with Crippen molar-refractivity contribution in [3.8, 4) is 5.75 Å². The number of aryl methyl sites for hydroxylation is 1. The lowest BCUT2D eigenvalue weighted by molar-refractivity contribution is -0.120. The van der Waals surface area contributed by atoms with Crippen LogP contribution in [-0.4, -0.2) is 114 Å². The molecular weight excluding hydrogens is 833 g/mol. The average molecular weight is 883 g/mol. The van der Waals surface area contributed by atoms with E-state index < -0.39 is 7.14 Å². The number of piperazine rings is 1. The molecule has 8 rings (SSSR count). The molecule has 15 nitrogen and oxygen atoms in total. The first-order valence-corrected chi connectivity index (χ1v) is 23.3. The Hall–Kier alpha value is -5.15. The molecule has 3 aliphatic rings. The number of aromatic nitrogens is 4. The van der Waals surface area contributed by atoms with Gasteiger partial charge in [-0.2, -0.15) is 4.98 Å². The van der Waals surface area contributed by atoms with Gasteiger partial charge < -0.3 is 24.8 Å². The lowest BCUT2D eigenvalue weighted by Crippen LogP contribution is -2.53. The minimum Gasteiger partial charge on any atom is -0.494 e. The highest BCUT2D eigenvalue weighted by molar-refractivity contribution is 9.10. The maximum Gasteiger partial charge on any atom is 0.328 e. The molecule has 5 aromatic rings. The maximum atomic E-state index is 13.5. The number of nitrogens with one attached hydrogen (secondary N) is 3. The third kappa shape index (κ3) is 9.05. The molecule has 0 spiro atoms. The lowest BCUT2D eigenvalue weighted by Gasteiger charge is -2.43. The predicted octanol–water partition coefficient (Wildman–Crippen LogP) is 6.47. The number of hydrogen-bond acceptors (Lipinski definition) is 13. The zero-order valence-corrected chi connectivity index (χ0v) is 36.2. The van der Waals surface area contributed by atoms with Gasteiger partial charge in [-0.05, 0) is 90.5 Å². The number of carbonyl (C=O) groups is 2. The number of carbonyl (C=O) groups excluding carboxylic acids is 2. The summed E-state index contributed by atoms with van der Waals surface area (Å²) in [4.78, 5) is 51.5. The molecule has 3 aliphatic heterocycles. The van der Waals surface area contributed by atoms with Gasteiger partial charge in [-0.1, -0.05) is 12.1 Å². The van der Waals surface area contributed by atoms with Gasteiger partial charge in [0.25, 0.3) is 0 Å². The van der Waals surface area contributed by atoms with Crippen molar-refractivity contribution in [2.75, 3.05) is 86.7 Å². The van der Waals surface area contributed by atoms with Gasteiger partial charge in [0.1, 0.15) is 24.2 Å². The summed E-state index contributed by atoms with van der Waals surface area (Å²) >= 11 is 3.59. The van der Waals surface area contributed by atoms with Gasteiger partial charge in [-0.3, -0.25) is 34.8 Å². The van der Waals surface area contributed by atoms with Crippen LogP contribution in [0.4, 0.5) is 39.3 Å².